The molecule has 0 aromatic heterocycles. The van der Waals surface area contributed by atoms with E-state index in [2.05, 4.69) is 48.6 Å². The maximum absolute atomic E-state index is 4.23. The van der Waals surface area contributed by atoms with Crippen molar-refractivity contribution in [2.24, 2.45) is 11.0 Å². The van der Waals surface area contributed by atoms with Gasteiger partial charge in [-0.15, -0.1) is 0 Å². The normalized spacial score (nSPS) is 11.1. The van der Waals surface area contributed by atoms with Gasteiger partial charge in [-0.05, 0) is 35.6 Å². The van der Waals surface area contributed by atoms with Crippen LogP contribution in [0.25, 0.3) is 0 Å². The SMILES string of the molecule is CC(C)Cc1ccc(C=NNc2ccccc2)cc1. The summed E-state index contributed by atoms with van der Waals surface area (Å²) in [4.78, 5) is 0. The van der Waals surface area contributed by atoms with Crippen molar-refractivity contribution in [3.05, 3.63) is 65.7 Å². The van der Waals surface area contributed by atoms with Crippen LogP contribution in [0.15, 0.2) is 59.7 Å². The molecule has 0 atom stereocenters. The van der Waals surface area contributed by atoms with Gasteiger partial charge in [0.25, 0.3) is 0 Å². The third kappa shape index (κ3) is 4.59. The lowest BCUT2D eigenvalue weighted by atomic mass is 10.0. The zero-order chi connectivity index (χ0) is 13.5. The van der Waals surface area contributed by atoms with Crippen molar-refractivity contribution in [3.63, 3.8) is 0 Å². The maximum Gasteiger partial charge on any atom is 0.0561 e. The molecule has 0 aliphatic heterocycles. The van der Waals surface area contributed by atoms with E-state index in [4.69, 9.17) is 0 Å². The largest absolute Gasteiger partial charge is 0.279 e. The molecule has 0 bridgehead atoms. The minimum atomic E-state index is 0.694. The highest BCUT2D eigenvalue weighted by Gasteiger charge is 1.97. The van der Waals surface area contributed by atoms with Crippen LogP contribution in [0.2, 0.25) is 0 Å². The highest BCUT2D eigenvalue weighted by Crippen LogP contribution is 2.09. The predicted octanol–water partition coefficient (Wildman–Crippen LogP) is 4.33. The third-order valence-corrected chi connectivity index (χ3v) is 2.80. The number of nitrogens with zero attached hydrogens (tertiary/aromatic N) is 1. The van der Waals surface area contributed by atoms with Gasteiger partial charge in [0.05, 0.1) is 11.9 Å². The topological polar surface area (TPSA) is 24.4 Å². The number of anilines is 1. The van der Waals surface area contributed by atoms with Gasteiger partial charge in [-0.3, -0.25) is 5.43 Å². The zero-order valence-electron chi connectivity index (χ0n) is 11.5. The predicted molar refractivity (Wildman–Crippen MR) is 82.6 cm³/mol. The van der Waals surface area contributed by atoms with Crippen LogP contribution in [-0.2, 0) is 6.42 Å². The number of para-hydroxylation sites is 1. The molecule has 2 aromatic rings. The molecule has 0 radical (unpaired) electrons. The third-order valence-electron chi connectivity index (χ3n) is 2.80. The molecule has 2 aromatic carbocycles. The fraction of sp³-hybridized carbons (Fsp3) is 0.235. The zero-order valence-corrected chi connectivity index (χ0v) is 11.5. The molecule has 2 heteroatoms. The van der Waals surface area contributed by atoms with Crippen LogP contribution in [0.1, 0.15) is 25.0 Å². The molecule has 0 saturated carbocycles. The highest BCUT2D eigenvalue weighted by molar-refractivity contribution is 5.80. The van der Waals surface area contributed by atoms with Gasteiger partial charge in [0.1, 0.15) is 0 Å². The quantitative estimate of drug-likeness (QED) is 0.621. The first-order valence-corrected chi connectivity index (χ1v) is 6.67. The second-order valence-corrected chi connectivity index (χ2v) is 5.08. The first-order valence-electron chi connectivity index (χ1n) is 6.67. The van der Waals surface area contributed by atoms with Crippen molar-refractivity contribution in [2.75, 3.05) is 5.43 Å². The van der Waals surface area contributed by atoms with Gasteiger partial charge in [-0.1, -0.05) is 56.3 Å². The Labute approximate surface area is 115 Å². The molecule has 0 amide bonds. The summed E-state index contributed by atoms with van der Waals surface area (Å²) in [7, 11) is 0. The summed E-state index contributed by atoms with van der Waals surface area (Å²) in [5.74, 6) is 0.694. The molecule has 2 nitrogen and oxygen atoms in total. The monoisotopic (exact) mass is 252 g/mol. The Balaban J connectivity index is 1.92. The molecule has 2 rings (SSSR count). The van der Waals surface area contributed by atoms with Crippen molar-refractivity contribution in [1.82, 2.24) is 0 Å². The van der Waals surface area contributed by atoms with Crippen molar-refractivity contribution in [2.45, 2.75) is 20.3 Å². The lowest BCUT2D eigenvalue weighted by molar-refractivity contribution is 0.647. The van der Waals surface area contributed by atoms with E-state index in [0.29, 0.717) is 5.92 Å². The number of hydrazone groups is 1. The average molecular weight is 252 g/mol. The Morgan fingerprint density at radius 3 is 2.32 bits per heavy atom. The molecule has 98 valence electrons. The van der Waals surface area contributed by atoms with Crippen LogP contribution in [0.4, 0.5) is 5.69 Å². The summed E-state index contributed by atoms with van der Waals surface area (Å²) in [5.41, 5.74) is 6.49. The lowest BCUT2D eigenvalue weighted by Gasteiger charge is -2.04. The summed E-state index contributed by atoms with van der Waals surface area (Å²) in [6, 6.07) is 18.5. The second kappa shape index (κ2) is 6.74. The summed E-state index contributed by atoms with van der Waals surface area (Å²) in [5, 5.41) is 4.23. The van der Waals surface area contributed by atoms with E-state index in [-0.39, 0.29) is 0 Å². The molecule has 0 spiro atoms. The van der Waals surface area contributed by atoms with Crippen molar-refractivity contribution in [3.8, 4) is 0 Å². The van der Waals surface area contributed by atoms with Gasteiger partial charge in [0.15, 0.2) is 0 Å². The minimum absolute atomic E-state index is 0.694. The van der Waals surface area contributed by atoms with Gasteiger partial charge in [-0.25, -0.2) is 0 Å². The van der Waals surface area contributed by atoms with Gasteiger partial charge >= 0.3 is 0 Å². The van der Waals surface area contributed by atoms with Crippen LogP contribution >= 0.6 is 0 Å². The van der Waals surface area contributed by atoms with E-state index in [1.54, 1.807) is 0 Å². The smallest absolute Gasteiger partial charge is 0.0561 e. The number of hydrogen-bond acceptors (Lipinski definition) is 2. The van der Waals surface area contributed by atoms with Gasteiger partial charge in [0.2, 0.25) is 0 Å². The first-order chi connectivity index (χ1) is 9.24. The highest BCUT2D eigenvalue weighted by atomic mass is 15.3. The molecule has 0 fully saturated rings. The molecule has 0 unspecified atom stereocenters. The minimum Gasteiger partial charge on any atom is -0.279 e. The van der Waals surface area contributed by atoms with Gasteiger partial charge in [-0.2, -0.15) is 5.10 Å². The van der Waals surface area contributed by atoms with E-state index >= 15 is 0 Å². The Hall–Kier alpha value is -2.09. The Kier molecular flexibility index (Phi) is 4.73. The summed E-state index contributed by atoms with van der Waals surface area (Å²) < 4.78 is 0. The van der Waals surface area contributed by atoms with E-state index in [1.165, 1.54) is 5.56 Å². The maximum atomic E-state index is 4.23. The summed E-state index contributed by atoms with van der Waals surface area (Å²) >= 11 is 0. The van der Waals surface area contributed by atoms with Crippen LogP contribution in [0, 0.1) is 5.92 Å². The molecule has 0 saturated heterocycles. The molecule has 0 heterocycles. The number of nitrogens with one attached hydrogen (secondary N) is 1. The van der Waals surface area contributed by atoms with E-state index in [0.717, 1.165) is 17.7 Å². The fourth-order valence-corrected chi connectivity index (χ4v) is 1.91. The van der Waals surface area contributed by atoms with Crippen LogP contribution in [0.3, 0.4) is 0 Å². The second-order valence-electron chi connectivity index (χ2n) is 5.08. The molecule has 19 heavy (non-hydrogen) atoms. The number of rotatable bonds is 5. The van der Waals surface area contributed by atoms with E-state index in [9.17, 15) is 0 Å². The number of benzene rings is 2. The first kappa shape index (κ1) is 13.3. The molecule has 0 aliphatic rings. The van der Waals surface area contributed by atoms with Crippen LogP contribution in [-0.4, -0.2) is 6.21 Å². The average Bonchev–Trinajstić information content (AvgIpc) is 2.41. The summed E-state index contributed by atoms with van der Waals surface area (Å²) in [6.07, 6.45) is 2.96. The molecular weight excluding hydrogens is 232 g/mol. The van der Waals surface area contributed by atoms with Gasteiger partial charge < -0.3 is 0 Å². The van der Waals surface area contributed by atoms with E-state index < -0.39 is 0 Å². The Morgan fingerprint density at radius 2 is 1.68 bits per heavy atom. The summed E-state index contributed by atoms with van der Waals surface area (Å²) in [6.45, 7) is 4.47. The van der Waals surface area contributed by atoms with E-state index in [1.807, 2.05) is 36.5 Å². The van der Waals surface area contributed by atoms with Gasteiger partial charge in [0, 0.05) is 0 Å². The molecular formula is C17H20N2. The molecule has 0 aliphatic carbocycles. The Morgan fingerprint density at radius 1 is 1.00 bits per heavy atom. The Bertz CT molecular complexity index is 513. The standard InChI is InChI=1S/C17H20N2/c1-14(2)12-15-8-10-16(11-9-15)13-18-19-17-6-4-3-5-7-17/h3-11,13-14,19H,12H2,1-2H3. The van der Waals surface area contributed by atoms with Crippen LogP contribution in [0.5, 0.6) is 0 Å². The number of hydrogen-bond donors (Lipinski definition) is 1. The molecule has 1 N–H and O–H groups in total. The van der Waals surface area contributed by atoms with Crippen LogP contribution < -0.4 is 5.43 Å². The fourth-order valence-electron chi connectivity index (χ4n) is 1.91. The lowest BCUT2D eigenvalue weighted by Crippen LogP contribution is -1.94. The van der Waals surface area contributed by atoms with Crippen molar-refractivity contribution in [1.29, 1.82) is 0 Å². The van der Waals surface area contributed by atoms with Crippen molar-refractivity contribution >= 4 is 11.9 Å². The van der Waals surface area contributed by atoms with Crippen molar-refractivity contribution < 1.29 is 0 Å².